The average Bonchev–Trinajstić information content (AvgIpc) is 2.43. The third-order valence-corrected chi connectivity index (χ3v) is 2.70. The van der Waals surface area contributed by atoms with Crippen LogP contribution in [0.4, 0.5) is 0 Å². The van der Waals surface area contributed by atoms with Crippen molar-refractivity contribution >= 4 is 5.97 Å². The SMILES string of the molecule is CCCNCCCOC(=O)Cc1ccc(OC)cc1. The normalized spacial score (nSPS) is 10.2. The van der Waals surface area contributed by atoms with Gasteiger partial charge in [-0.25, -0.2) is 0 Å². The van der Waals surface area contributed by atoms with Crippen LogP contribution in [0.15, 0.2) is 24.3 Å². The molecule has 0 amide bonds. The highest BCUT2D eigenvalue weighted by molar-refractivity contribution is 5.72. The third kappa shape index (κ3) is 6.82. The van der Waals surface area contributed by atoms with Crippen molar-refractivity contribution in [3.63, 3.8) is 0 Å². The fraction of sp³-hybridized carbons (Fsp3) is 0.533. The number of hydrogen-bond acceptors (Lipinski definition) is 4. The summed E-state index contributed by atoms with van der Waals surface area (Å²) < 4.78 is 10.2. The fourth-order valence-corrected chi connectivity index (χ4v) is 1.65. The molecule has 1 aromatic carbocycles. The summed E-state index contributed by atoms with van der Waals surface area (Å²) in [6.07, 6.45) is 2.29. The number of methoxy groups -OCH3 is 1. The Labute approximate surface area is 115 Å². The molecule has 0 heterocycles. The zero-order valence-corrected chi connectivity index (χ0v) is 11.8. The largest absolute Gasteiger partial charge is 0.497 e. The van der Waals surface area contributed by atoms with Crippen LogP contribution in [0.5, 0.6) is 5.75 Å². The van der Waals surface area contributed by atoms with E-state index in [1.807, 2.05) is 24.3 Å². The Bertz CT molecular complexity index is 362. The molecule has 0 radical (unpaired) electrons. The topological polar surface area (TPSA) is 47.6 Å². The summed E-state index contributed by atoms with van der Waals surface area (Å²) >= 11 is 0. The van der Waals surface area contributed by atoms with E-state index in [0.717, 1.165) is 37.2 Å². The monoisotopic (exact) mass is 265 g/mol. The molecule has 4 nitrogen and oxygen atoms in total. The van der Waals surface area contributed by atoms with E-state index in [4.69, 9.17) is 9.47 Å². The molecule has 106 valence electrons. The Morgan fingerprint density at radius 2 is 1.95 bits per heavy atom. The number of nitrogens with one attached hydrogen (secondary N) is 1. The lowest BCUT2D eigenvalue weighted by Gasteiger charge is -2.06. The molecule has 0 unspecified atom stereocenters. The molecule has 0 aromatic heterocycles. The lowest BCUT2D eigenvalue weighted by Crippen LogP contribution is -2.18. The summed E-state index contributed by atoms with van der Waals surface area (Å²) in [4.78, 5) is 11.6. The number of benzene rings is 1. The van der Waals surface area contributed by atoms with Crippen LogP contribution < -0.4 is 10.1 Å². The van der Waals surface area contributed by atoms with Crippen molar-refractivity contribution in [3.05, 3.63) is 29.8 Å². The Morgan fingerprint density at radius 1 is 1.21 bits per heavy atom. The molecule has 0 atom stereocenters. The van der Waals surface area contributed by atoms with Crippen LogP contribution in [-0.2, 0) is 16.0 Å². The molecule has 19 heavy (non-hydrogen) atoms. The lowest BCUT2D eigenvalue weighted by molar-refractivity contribution is -0.142. The van der Waals surface area contributed by atoms with E-state index >= 15 is 0 Å². The van der Waals surface area contributed by atoms with Crippen LogP contribution in [0.1, 0.15) is 25.3 Å². The van der Waals surface area contributed by atoms with Crippen LogP contribution >= 0.6 is 0 Å². The second kappa shape index (κ2) is 9.39. The van der Waals surface area contributed by atoms with Gasteiger partial charge in [-0.05, 0) is 43.6 Å². The van der Waals surface area contributed by atoms with Crippen molar-refractivity contribution in [3.8, 4) is 5.75 Å². The van der Waals surface area contributed by atoms with E-state index in [1.165, 1.54) is 0 Å². The third-order valence-electron chi connectivity index (χ3n) is 2.70. The quantitative estimate of drug-likeness (QED) is 0.549. The van der Waals surface area contributed by atoms with Gasteiger partial charge in [0, 0.05) is 0 Å². The molecule has 0 spiro atoms. The predicted octanol–water partition coefficient (Wildman–Crippen LogP) is 2.17. The number of carbonyl (C=O) groups is 1. The van der Waals surface area contributed by atoms with E-state index < -0.39 is 0 Å². The summed E-state index contributed by atoms with van der Waals surface area (Å²) in [5.41, 5.74) is 0.940. The molecular weight excluding hydrogens is 242 g/mol. The molecule has 0 saturated carbocycles. The Morgan fingerprint density at radius 3 is 2.58 bits per heavy atom. The first-order valence-corrected chi connectivity index (χ1v) is 6.75. The van der Waals surface area contributed by atoms with Crippen LogP contribution in [0.25, 0.3) is 0 Å². The summed E-state index contributed by atoms with van der Waals surface area (Å²) in [5.74, 6) is 0.611. The van der Waals surface area contributed by atoms with Crippen molar-refractivity contribution in [1.82, 2.24) is 5.32 Å². The lowest BCUT2D eigenvalue weighted by atomic mass is 10.1. The fourth-order valence-electron chi connectivity index (χ4n) is 1.65. The van der Waals surface area contributed by atoms with Gasteiger partial charge < -0.3 is 14.8 Å². The minimum Gasteiger partial charge on any atom is -0.497 e. The van der Waals surface area contributed by atoms with Gasteiger partial charge in [-0.3, -0.25) is 4.79 Å². The van der Waals surface area contributed by atoms with Crippen LogP contribution in [0, 0.1) is 0 Å². The standard InChI is InChI=1S/C15H23NO3/c1-3-9-16-10-4-11-19-15(17)12-13-5-7-14(18-2)8-6-13/h5-8,16H,3-4,9-12H2,1-2H3. The molecule has 0 aliphatic carbocycles. The second-order valence-electron chi connectivity index (χ2n) is 4.35. The Balaban J connectivity index is 2.16. The summed E-state index contributed by atoms with van der Waals surface area (Å²) in [5, 5.41) is 3.27. The maximum atomic E-state index is 11.6. The maximum Gasteiger partial charge on any atom is 0.310 e. The zero-order chi connectivity index (χ0) is 13.9. The molecule has 0 bridgehead atoms. The summed E-state index contributed by atoms with van der Waals surface area (Å²) in [6, 6.07) is 7.44. The summed E-state index contributed by atoms with van der Waals surface area (Å²) in [7, 11) is 1.62. The number of esters is 1. The minimum atomic E-state index is -0.180. The second-order valence-corrected chi connectivity index (χ2v) is 4.35. The van der Waals surface area contributed by atoms with E-state index in [0.29, 0.717) is 13.0 Å². The van der Waals surface area contributed by atoms with Crippen molar-refractivity contribution in [2.75, 3.05) is 26.8 Å². The molecule has 1 N–H and O–H groups in total. The first kappa shape index (κ1) is 15.5. The predicted molar refractivity (Wildman–Crippen MR) is 75.4 cm³/mol. The van der Waals surface area contributed by atoms with E-state index in [2.05, 4.69) is 12.2 Å². The van der Waals surface area contributed by atoms with Crippen LogP contribution in [0.2, 0.25) is 0 Å². The molecule has 1 aromatic rings. The van der Waals surface area contributed by atoms with E-state index in [9.17, 15) is 4.79 Å². The number of hydrogen-bond donors (Lipinski definition) is 1. The highest BCUT2D eigenvalue weighted by Gasteiger charge is 2.04. The van der Waals surface area contributed by atoms with Crippen molar-refractivity contribution in [2.45, 2.75) is 26.2 Å². The van der Waals surface area contributed by atoms with Crippen molar-refractivity contribution < 1.29 is 14.3 Å². The molecule has 0 saturated heterocycles. The summed E-state index contributed by atoms with van der Waals surface area (Å²) in [6.45, 7) is 4.51. The van der Waals surface area contributed by atoms with Gasteiger partial charge >= 0.3 is 5.97 Å². The highest BCUT2D eigenvalue weighted by Crippen LogP contribution is 2.11. The number of rotatable bonds is 9. The molecular formula is C15H23NO3. The van der Waals surface area contributed by atoms with Gasteiger partial charge in [0.1, 0.15) is 5.75 Å². The first-order valence-electron chi connectivity index (χ1n) is 6.75. The minimum absolute atomic E-state index is 0.180. The van der Waals surface area contributed by atoms with Gasteiger partial charge in [0.25, 0.3) is 0 Å². The van der Waals surface area contributed by atoms with Gasteiger partial charge in [-0.15, -0.1) is 0 Å². The van der Waals surface area contributed by atoms with E-state index in [1.54, 1.807) is 7.11 Å². The maximum absolute atomic E-state index is 11.6. The van der Waals surface area contributed by atoms with Gasteiger partial charge in [0.05, 0.1) is 20.1 Å². The van der Waals surface area contributed by atoms with Gasteiger partial charge in [0.2, 0.25) is 0 Å². The average molecular weight is 265 g/mol. The van der Waals surface area contributed by atoms with Gasteiger partial charge in [-0.2, -0.15) is 0 Å². The first-order chi connectivity index (χ1) is 9.26. The molecule has 0 fully saturated rings. The smallest absolute Gasteiger partial charge is 0.310 e. The molecule has 0 aliphatic heterocycles. The van der Waals surface area contributed by atoms with Crippen LogP contribution in [-0.4, -0.2) is 32.8 Å². The molecule has 1 rings (SSSR count). The number of ether oxygens (including phenoxy) is 2. The molecule has 4 heteroatoms. The Hall–Kier alpha value is -1.55. The van der Waals surface area contributed by atoms with Gasteiger partial charge in [0.15, 0.2) is 0 Å². The molecule has 0 aliphatic rings. The van der Waals surface area contributed by atoms with Crippen molar-refractivity contribution in [1.29, 1.82) is 0 Å². The number of carbonyl (C=O) groups excluding carboxylic acids is 1. The van der Waals surface area contributed by atoms with E-state index in [-0.39, 0.29) is 5.97 Å². The van der Waals surface area contributed by atoms with Crippen molar-refractivity contribution in [2.24, 2.45) is 0 Å². The Kier molecular flexibility index (Phi) is 7.66. The van der Waals surface area contributed by atoms with Crippen LogP contribution in [0.3, 0.4) is 0 Å². The van der Waals surface area contributed by atoms with Gasteiger partial charge in [-0.1, -0.05) is 19.1 Å². The zero-order valence-electron chi connectivity index (χ0n) is 11.8. The highest BCUT2D eigenvalue weighted by atomic mass is 16.5.